The van der Waals surface area contributed by atoms with Crippen molar-refractivity contribution in [2.24, 2.45) is 0 Å². The predicted molar refractivity (Wildman–Crippen MR) is 115 cm³/mol. The van der Waals surface area contributed by atoms with Crippen LogP contribution in [0.5, 0.6) is 5.75 Å². The summed E-state index contributed by atoms with van der Waals surface area (Å²) in [5, 5.41) is 10.9. The zero-order valence-electron chi connectivity index (χ0n) is 16.0. The van der Waals surface area contributed by atoms with Gasteiger partial charge in [0.2, 0.25) is 6.10 Å². The monoisotopic (exact) mass is 420 g/mol. The fraction of sp³-hybridized carbons (Fsp3) is 0.0833. The molecule has 0 spiro atoms. The number of fused-ring (bicyclic) bond motifs is 1. The Morgan fingerprint density at radius 3 is 2.50 bits per heavy atom. The molecule has 4 rings (SSSR count). The molecule has 5 nitrogen and oxygen atoms in total. The summed E-state index contributed by atoms with van der Waals surface area (Å²) in [4.78, 5) is 24.0. The predicted octanol–water partition coefficient (Wildman–Crippen LogP) is 5.63. The van der Waals surface area contributed by atoms with Crippen LogP contribution in [0, 0.1) is 6.92 Å². The van der Waals surface area contributed by atoms with Crippen LogP contribution in [0.4, 0.5) is 0 Å². The lowest BCUT2D eigenvalue weighted by Crippen LogP contribution is -2.18. The number of hydrogen-bond donors (Lipinski definition) is 1. The number of carboxylic acids is 1. The van der Waals surface area contributed by atoms with E-state index >= 15 is 0 Å². The van der Waals surface area contributed by atoms with Gasteiger partial charge in [0.1, 0.15) is 11.3 Å². The number of ether oxygens (including phenoxy) is 1. The molecule has 0 amide bonds. The SMILES string of the molecule is Cc1c(OC(C(=O)O)c2ccccc2)ccc2c(-c3cccc(Cl)c3)cc(=O)oc12. The van der Waals surface area contributed by atoms with Crippen molar-refractivity contribution >= 4 is 28.5 Å². The van der Waals surface area contributed by atoms with Gasteiger partial charge in [0.05, 0.1) is 0 Å². The van der Waals surface area contributed by atoms with Gasteiger partial charge < -0.3 is 14.3 Å². The van der Waals surface area contributed by atoms with Crippen LogP contribution < -0.4 is 10.4 Å². The smallest absolute Gasteiger partial charge is 0.349 e. The number of halogens is 1. The minimum Gasteiger partial charge on any atom is -0.478 e. The highest BCUT2D eigenvalue weighted by atomic mass is 35.5. The third kappa shape index (κ3) is 3.80. The van der Waals surface area contributed by atoms with Crippen molar-refractivity contribution in [1.82, 2.24) is 0 Å². The quantitative estimate of drug-likeness (QED) is 0.423. The first-order valence-corrected chi connectivity index (χ1v) is 9.59. The van der Waals surface area contributed by atoms with Crippen LogP contribution in [-0.4, -0.2) is 11.1 Å². The Morgan fingerprint density at radius 2 is 1.80 bits per heavy atom. The van der Waals surface area contributed by atoms with Crippen molar-refractivity contribution in [3.63, 3.8) is 0 Å². The van der Waals surface area contributed by atoms with Crippen LogP contribution in [0.2, 0.25) is 5.02 Å². The lowest BCUT2D eigenvalue weighted by atomic mass is 10.00. The van der Waals surface area contributed by atoms with Crippen molar-refractivity contribution in [1.29, 1.82) is 0 Å². The summed E-state index contributed by atoms with van der Waals surface area (Å²) in [5.41, 5.74) is 2.33. The van der Waals surface area contributed by atoms with Gasteiger partial charge in [-0.1, -0.05) is 54.1 Å². The van der Waals surface area contributed by atoms with E-state index in [2.05, 4.69) is 0 Å². The fourth-order valence-electron chi connectivity index (χ4n) is 3.38. The van der Waals surface area contributed by atoms with E-state index in [0.717, 1.165) is 5.56 Å². The van der Waals surface area contributed by atoms with Gasteiger partial charge >= 0.3 is 11.6 Å². The highest BCUT2D eigenvalue weighted by Gasteiger charge is 2.23. The molecule has 150 valence electrons. The zero-order valence-corrected chi connectivity index (χ0v) is 16.7. The van der Waals surface area contributed by atoms with E-state index in [0.29, 0.717) is 38.4 Å². The fourth-order valence-corrected chi connectivity index (χ4v) is 3.57. The standard InChI is InChI=1S/C24H17ClO5/c1-14-20(29-23(24(27)28)15-6-3-2-4-7-15)11-10-18-19(13-21(26)30-22(14)18)16-8-5-9-17(25)12-16/h2-13,23H,1H3,(H,27,28). The Labute approximate surface area is 177 Å². The maximum atomic E-state index is 12.2. The Morgan fingerprint density at radius 1 is 1.03 bits per heavy atom. The van der Waals surface area contributed by atoms with E-state index < -0.39 is 17.7 Å². The molecule has 0 saturated carbocycles. The molecule has 1 unspecified atom stereocenters. The summed E-state index contributed by atoms with van der Waals surface area (Å²) in [6, 6.07) is 20.7. The molecule has 1 N–H and O–H groups in total. The molecule has 4 aromatic rings. The first-order chi connectivity index (χ1) is 14.4. The zero-order chi connectivity index (χ0) is 21.3. The van der Waals surface area contributed by atoms with Crippen molar-refractivity contribution in [3.05, 3.63) is 99.4 Å². The summed E-state index contributed by atoms with van der Waals surface area (Å²) in [6.45, 7) is 1.73. The largest absolute Gasteiger partial charge is 0.478 e. The van der Waals surface area contributed by atoms with Crippen molar-refractivity contribution in [2.45, 2.75) is 13.0 Å². The molecule has 0 aliphatic heterocycles. The normalized spacial score (nSPS) is 11.9. The van der Waals surface area contributed by atoms with Crippen LogP contribution in [-0.2, 0) is 4.79 Å². The van der Waals surface area contributed by atoms with Gasteiger partial charge in [0, 0.05) is 27.6 Å². The second kappa shape index (κ2) is 8.05. The third-order valence-electron chi connectivity index (χ3n) is 4.82. The minimum atomic E-state index is -1.19. The van der Waals surface area contributed by atoms with E-state index in [4.69, 9.17) is 20.8 Å². The van der Waals surface area contributed by atoms with Crippen LogP contribution >= 0.6 is 11.6 Å². The third-order valence-corrected chi connectivity index (χ3v) is 5.05. The van der Waals surface area contributed by atoms with E-state index in [1.165, 1.54) is 6.07 Å². The second-order valence-corrected chi connectivity index (χ2v) is 7.24. The lowest BCUT2D eigenvalue weighted by molar-refractivity contribution is -0.145. The summed E-state index contributed by atoms with van der Waals surface area (Å²) < 4.78 is 11.3. The number of carboxylic acid groups (broad SMARTS) is 1. The molecule has 1 aromatic heterocycles. The average molecular weight is 421 g/mol. The molecule has 6 heteroatoms. The van der Waals surface area contributed by atoms with Gasteiger partial charge in [0.15, 0.2) is 0 Å². The molecule has 0 aliphatic rings. The van der Waals surface area contributed by atoms with Gasteiger partial charge in [0.25, 0.3) is 0 Å². The van der Waals surface area contributed by atoms with E-state index in [1.807, 2.05) is 6.07 Å². The Hall–Kier alpha value is -3.57. The molecule has 0 bridgehead atoms. The number of carbonyl (C=O) groups is 1. The van der Waals surface area contributed by atoms with E-state index in [1.54, 1.807) is 67.6 Å². The molecule has 30 heavy (non-hydrogen) atoms. The number of benzene rings is 3. The maximum Gasteiger partial charge on any atom is 0.349 e. The molecule has 1 heterocycles. The summed E-state index contributed by atoms with van der Waals surface area (Å²) in [5.74, 6) is -0.792. The van der Waals surface area contributed by atoms with Gasteiger partial charge in [-0.15, -0.1) is 0 Å². The van der Waals surface area contributed by atoms with Gasteiger partial charge in [-0.25, -0.2) is 9.59 Å². The van der Waals surface area contributed by atoms with Crippen LogP contribution in [0.25, 0.3) is 22.1 Å². The molecule has 0 fully saturated rings. The average Bonchev–Trinajstić information content (AvgIpc) is 2.73. The van der Waals surface area contributed by atoms with E-state index in [9.17, 15) is 14.7 Å². The van der Waals surface area contributed by atoms with Gasteiger partial charge in [-0.05, 0) is 42.3 Å². The van der Waals surface area contributed by atoms with Gasteiger partial charge in [-0.3, -0.25) is 0 Å². The molecule has 0 saturated heterocycles. The summed E-state index contributed by atoms with van der Waals surface area (Å²) in [7, 11) is 0. The summed E-state index contributed by atoms with van der Waals surface area (Å²) >= 11 is 6.11. The molecular weight excluding hydrogens is 404 g/mol. The van der Waals surface area contributed by atoms with E-state index in [-0.39, 0.29) is 0 Å². The topological polar surface area (TPSA) is 76.7 Å². The molecule has 1 atom stereocenters. The van der Waals surface area contributed by atoms with Crippen LogP contribution in [0.1, 0.15) is 17.2 Å². The second-order valence-electron chi connectivity index (χ2n) is 6.80. The molecule has 0 radical (unpaired) electrons. The Kier molecular flexibility index (Phi) is 5.29. The van der Waals surface area contributed by atoms with Crippen molar-refractivity contribution in [3.8, 4) is 16.9 Å². The van der Waals surface area contributed by atoms with Gasteiger partial charge in [-0.2, -0.15) is 0 Å². The molecule has 0 aliphatic carbocycles. The lowest BCUT2D eigenvalue weighted by Gasteiger charge is -2.18. The Balaban J connectivity index is 1.83. The summed E-state index contributed by atoms with van der Waals surface area (Å²) in [6.07, 6.45) is -1.19. The minimum absolute atomic E-state index is 0.324. The number of aliphatic carboxylic acids is 1. The first kappa shape index (κ1) is 19.7. The number of hydrogen-bond acceptors (Lipinski definition) is 4. The van der Waals surface area contributed by atoms with Crippen molar-refractivity contribution < 1.29 is 19.1 Å². The van der Waals surface area contributed by atoms with Crippen LogP contribution in [0.3, 0.4) is 0 Å². The number of rotatable bonds is 5. The Bertz CT molecular complexity index is 1290. The maximum absolute atomic E-state index is 12.2. The number of aryl methyl sites for hydroxylation is 1. The van der Waals surface area contributed by atoms with Crippen molar-refractivity contribution in [2.75, 3.05) is 0 Å². The van der Waals surface area contributed by atoms with Crippen LogP contribution in [0.15, 0.2) is 82.0 Å². The first-order valence-electron chi connectivity index (χ1n) is 9.22. The highest BCUT2D eigenvalue weighted by molar-refractivity contribution is 6.30. The molecular formula is C24H17ClO5. The molecule has 3 aromatic carbocycles. The highest BCUT2D eigenvalue weighted by Crippen LogP contribution is 2.35.